The zero-order valence-corrected chi connectivity index (χ0v) is 5.89. The number of halogens is 1. The first-order valence-corrected chi connectivity index (χ1v) is 3.77. The van der Waals surface area contributed by atoms with Gasteiger partial charge < -0.3 is 5.11 Å². The molecule has 0 radical (unpaired) electrons. The van der Waals surface area contributed by atoms with E-state index in [0.29, 0.717) is 13.0 Å². The van der Waals surface area contributed by atoms with E-state index in [9.17, 15) is 4.39 Å². The van der Waals surface area contributed by atoms with Crippen LogP contribution in [0.25, 0.3) is 0 Å². The van der Waals surface area contributed by atoms with Gasteiger partial charge in [0, 0.05) is 25.0 Å². The highest BCUT2D eigenvalue weighted by atomic mass is 19.1. The summed E-state index contributed by atoms with van der Waals surface area (Å²) in [5.41, 5.74) is -0.139. The Labute approximate surface area is 59.6 Å². The Morgan fingerprint density at radius 3 is 2.80 bits per heavy atom. The van der Waals surface area contributed by atoms with Crippen LogP contribution in [0.4, 0.5) is 4.39 Å². The zero-order valence-electron chi connectivity index (χ0n) is 5.89. The topological polar surface area (TPSA) is 23.5 Å². The Hall–Kier alpha value is -0.150. The molecule has 0 aliphatic carbocycles. The van der Waals surface area contributed by atoms with Gasteiger partial charge >= 0.3 is 0 Å². The zero-order chi connectivity index (χ0) is 7.19. The number of aliphatic hydroxyl groups is 1. The second kappa shape index (κ2) is 1.92. The van der Waals surface area contributed by atoms with Gasteiger partial charge in [0.25, 0.3) is 0 Å². The second-order valence-corrected chi connectivity index (χ2v) is 3.38. The van der Waals surface area contributed by atoms with E-state index in [0.717, 1.165) is 13.0 Å². The first kappa shape index (κ1) is 6.55. The Morgan fingerprint density at radius 2 is 2.50 bits per heavy atom. The summed E-state index contributed by atoms with van der Waals surface area (Å²) in [4.78, 5) is 2.05. The molecule has 10 heavy (non-hydrogen) atoms. The molecular weight excluding hydrogens is 133 g/mol. The lowest BCUT2D eigenvalue weighted by atomic mass is 9.86. The van der Waals surface area contributed by atoms with E-state index < -0.39 is 6.17 Å². The molecule has 0 spiro atoms. The highest BCUT2D eigenvalue weighted by Gasteiger charge is 2.51. The Kier molecular flexibility index (Phi) is 1.26. The van der Waals surface area contributed by atoms with Crippen molar-refractivity contribution < 1.29 is 9.50 Å². The van der Waals surface area contributed by atoms with E-state index in [1.54, 1.807) is 0 Å². The minimum Gasteiger partial charge on any atom is -0.394 e. The fourth-order valence-electron chi connectivity index (χ4n) is 2.06. The van der Waals surface area contributed by atoms with E-state index in [2.05, 4.69) is 4.90 Å². The molecule has 2 rings (SSSR count). The van der Waals surface area contributed by atoms with Gasteiger partial charge in [-0.25, -0.2) is 4.39 Å². The highest BCUT2D eigenvalue weighted by Crippen LogP contribution is 2.40. The van der Waals surface area contributed by atoms with Crippen LogP contribution in [-0.4, -0.2) is 41.4 Å². The molecular formula is C7H12FNO. The normalized spacial score (nSPS) is 46.8. The van der Waals surface area contributed by atoms with Crippen LogP contribution in [0.15, 0.2) is 0 Å². The average Bonchev–Trinajstić information content (AvgIpc) is 2.11. The number of alkyl halides is 1. The summed E-state index contributed by atoms with van der Waals surface area (Å²) < 4.78 is 12.7. The maximum Gasteiger partial charge on any atom is 0.115 e. The summed E-state index contributed by atoms with van der Waals surface area (Å²) in [7, 11) is 0. The van der Waals surface area contributed by atoms with Crippen LogP contribution >= 0.6 is 0 Å². The van der Waals surface area contributed by atoms with Crippen molar-refractivity contribution >= 4 is 0 Å². The molecule has 0 saturated carbocycles. The van der Waals surface area contributed by atoms with Crippen LogP contribution in [0.2, 0.25) is 0 Å². The summed E-state index contributed by atoms with van der Waals surface area (Å²) in [6, 6.07) is 0. The fourth-order valence-corrected chi connectivity index (χ4v) is 2.06. The lowest BCUT2D eigenvalue weighted by Crippen LogP contribution is -2.57. The molecule has 2 heterocycles. The molecule has 0 aromatic rings. The third-order valence-electron chi connectivity index (χ3n) is 2.83. The van der Waals surface area contributed by atoms with Crippen LogP contribution in [0.1, 0.15) is 12.8 Å². The molecule has 2 saturated heterocycles. The predicted molar refractivity (Wildman–Crippen MR) is 35.5 cm³/mol. The van der Waals surface area contributed by atoms with Crippen molar-refractivity contribution in [1.29, 1.82) is 0 Å². The maximum atomic E-state index is 12.7. The molecule has 58 valence electrons. The van der Waals surface area contributed by atoms with Crippen LogP contribution < -0.4 is 0 Å². The molecule has 0 aromatic carbocycles. The Bertz CT molecular complexity index is 149. The van der Waals surface area contributed by atoms with Gasteiger partial charge in [-0.15, -0.1) is 0 Å². The van der Waals surface area contributed by atoms with Gasteiger partial charge in [-0.1, -0.05) is 0 Å². The van der Waals surface area contributed by atoms with Gasteiger partial charge in [0.2, 0.25) is 0 Å². The summed E-state index contributed by atoms with van der Waals surface area (Å²) in [6.07, 6.45) is 0.822. The minimum absolute atomic E-state index is 0.132. The molecule has 1 unspecified atom stereocenters. The van der Waals surface area contributed by atoms with Crippen molar-refractivity contribution in [2.75, 3.05) is 19.7 Å². The third kappa shape index (κ3) is 0.648. The monoisotopic (exact) mass is 145 g/mol. The molecule has 2 aliphatic heterocycles. The van der Waals surface area contributed by atoms with Crippen molar-refractivity contribution in [2.45, 2.75) is 24.6 Å². The first-order valence-electron chi connectivity index (χ1n) is 3.77. The Morgan fingerprint density at radius 1 is 1.70 bits per heavy atom. The van der Waals surface area contributed by atoms with Crippen LogP contribution in [0.3, 0.4) is 0 Å². The SMILES string of the molecule is OCC12CCN1C[C@@H](F)C2. The number of rotatable bonds is 1. The van der Waals surface area contributed by atoms with Crippen molar-refractivity contribution in [3.63, 3.8) is 0 Å². The van der Waals surface area contributed by atoms with E-state index >= 15 is 0 Å². The molecule has 0 aromatic heterocycles. The highest BCUT2D eigenvalue weighted by molar-refractivity contribution is 5.06. The molecule has 2 atom stereocenters. The molecule has 2 aliphatic rings. The van der Waals surface area contributed by atoms with E-state index in [1.807, 2.05) is 0 Å². The molecule has 0 amide bonds. The van der Waals surface area contributed by atoms with Crippen LogP contribution in [-0.2, 0) is 0 Å². The van der Waals surface area contributed by atoms with Gasteiger partial charge in [-0.3, -0.25) is 4.90 Å². The van der Waals surface area contributed by atoms with Crippen LogP contribution in [0, 0.1) is 0 Å². The Balaban J connectivity index is 2.10. The average molecular weight is 145 g/mol. The van der Waals surface area contributed by atoms with Crippen molar-refractivity contribution in [3.05, 3.63) is 0 Å². The number of nitrogens with zero attached hydrogens (tertiary/aromatic N) is 1. The lowest BCUT2D eigenvalue weighted by Gasteiger charge is -2.46. The maximum absolute atomic E-state index is 12.7. The van der Waals surface area contributed by atoms with Gasteiger partial charge in [0.15, 0.2) is 0 Å². The quantitative estimate of drug-likeness (QED) is 0.568. The van der Waals surface area contributed by atoms with Gasteiger partial charge in [-0.05, 0) is 6.42 Å². The third-order valence-corrected chi connectivity index (χ3v) is 2.83. The summed E-state index contributed by atoms with van der Waals surface area (Å²) in [6.45, 7) is 1.65. The van der Waals surface area contributed by atoms with E-state index in [4.69, 9.17) is 5.11 Å². The lowest BCUT2D eigenvalue weighted by molar-refractivity contribution is -0.0190. The molecule has 3 heteroatoms. The summed E-state index contributed by atoms with van der Waals surface area (Å²) >= 11 is 0. The van der Waals surface area contributed by atoms with Gasteiger partial charge in [-0.2, -0.15) is 0 Å². The van der Waals surface area contributed by atoms with E-state index in [-0.39, 0.29) is 12.1 Å². The first-order chi connectivity index (χ1) is 4.77. The standard InChI is InChI=1S/C7H12FNO/c8-6-3-7(5-10)1-2-9(7)4-6/h6,10H,1-5H2/t6-,7?/m0/s1. The van der Waals surface area contributed by atoms with E-state index in [1.165, 1.54) is 0 Å². The predicted octanol–water partition coefficient (Wildman–Crippen LogP) is 0.165. The largest absolute Gasteiger partial charge is 0.394 e. The number of fused-ring (bicyclic) bond motifs is 1. The molecule has 0 bridgehead atoms. The number of hydrogen-bond donors (Lipinski definition) is 1. The molecule has 2 fully saturated rings. The summed E-state index contributed by atoms with van der Waals surface area (Å²) in [5, 5.41) is 8.96. The van der Waals surface area contributed by atoms with Crippen molar-refractivity contribution in [3.8, 4) is 0 Å². The number of aliphatic hydroxyl groups excluding tert-OH is 1. The summed E-state index contributed by atoms with van der Waals surface area (Å²) in [5.74, 6) is 0. The molecule has 2 nitrogen and oxygen atoms in total. The van der Waals surface area contributed by atoms with Crippen molar-refractivity contribution in [1.82, 2.24) is 4.90 Å². The van der Waals surface area contributed by atoms with Gasteiger partial charge in [0.1, 0.15) is 6.17 Å². The van der Waals surface area contributed by atoms with Crippen molar-refractivity contribution in [2.24, 2.45) is 0 Å². The fraction of sp³-hybridized carbons (Fsp3) is 1.00. The second-order valence-electron chi connectivity index (χ2n) is 3.38. The minimum atomic E-state index is -0.699. The smallest absolute Gasteiger partial charge is 0.115 e. The van der Waals surface area contributed by atoms with Gasteiger partial charge in [0.05, 0.1) is 6.61 Å². The molecule has 1 N–H and O–H groups in total. The number of hydrogen-bond acceptors (Lipinski definition) is 2. The van der Waals surface area contributed by atoms with Crippen LogP contribution in [0.5, 0.6) is 0 Å².